The van der Waals surface area contributed by atoms with Gasteiger partial charge in [0, 0.05) is 19.3 Å². The monoisotopic (exact) mass is 827 g/mol. The number of rotatable bonds is 45. The summed E-state index contributed by atoms with van der Waals surface area (Å²) in [7, 11) is 0. The molecule has 1 atom stereocenters. The van der Waals surface area contributed by atoms with Crippen LogP contribution in [0.5, 0.6) is 0 Å². The largest absolute Gasteiger partial charge is 0.462 e. The number of hydrogen-bond acceptors (Lipinski definition) is 6. The maximum atomic E-state index is 12.8. The molecule has 0 radical (unpaired) electrons. The van der Waals surface area contributed by atoms with Gasteiger partial charge in [-0.1, -0.05) is 185 Å². The van der Waals surface area contributed by atoms with Crippen LogP contribution in [0.25, 0.3) is 0 Å². The lowest BCUT2D eigenvalue weighted by Crippen LogP contribution is -2.30. The van der Waals surface area contributed by atoms with Gasteiger partial charge in [-0.25, -0.2) is 0 Å². The molecule has 0 aliphatic heterocycles. The topological polar surface area (TPSA) is 78.9 Å². The number of carbonyl (C=O) groups is 3. The average molecular weight is 827 g/mol. The zero-order chi connectivity index (χ0) is 43.0. The molecule has 342 valence electrons. The summed E-state index contributed by atoms with van der Waals surface area (Å²) in [5.41, 5.74) is 0. The van der Waals surface area contributed by atoms with E-state index in [9.17, 15) is 14.4 Å². The fraction of sp³-hybridized carbons (Fsp3) is 0.792. The Balaban J connectivity index is 4.38. The Morgan fingerprint density at radius 1 is 0.339 bits per heavy atom. The van der Waals surface area contributed by atoms with Gasteiger partial charge in [-0.05, 0) is 96.3 Å². The molecule has 0 aromatic carbocycles. The Labute approximate surface area is 365 Å². The lowest BCUT2D eigenvalue weighted by Gasteiger charge is -2.18. The molecule has 0 rings (SSSR count). The van der Waals surface area contributed by atoms with Gasteiger partial charge in [0.15, 0.2) is 6.10 Å². The van der Waals surface area contributed by atoms with E-state index in [-0.39, 0.29) is 31.1 Å². The quantitative estimate of drug-likeness (QED) is 0.0263. The van der Waals surface area contributed by atoms with E-state index in [0.29, 0.717) is 19.3 Å². The molecule has 0 amide bonds. The first kappa shape index (κ1) is 56.4. The van der Waals surface area contributed by atoms with Crippen LogP contribution in [0, 0.1) is 0 Å². The highest BCUT2D eigenvalue weighted by Crippen LogP contribution is 2.14. The highest BCUT2D eigenvalue weighted by molar-refractivity contribution is 5.71. The second-order valence-electron chi connectivity index (χ2n) is 16.7. The fourth-order valence-electron chi connectivity index (χ4n) is 6.92. The molecule has 0 aliphatic rings. The van der Waals surface area contributed by atoms with Crippen molar-refractivity contribution in [1.29, 1.82) is 0 Å². The molecule has 59 heavy (non-hydrogen) atoms. The van der Waals surface area contributed by atoms with Gasteiger partial charge in [0.05, 0.1) is 0 Å². The predicted octanol–water partition coefficient (Wildman–Crippen LogP) is 16.3. The zero-order valence-electron chi connectivity index (χ0n) is 39.0. The summed E-state index contributed by atoms with van der Waals surface area (Å²) in [6, 6.07) is 0. The third-order valence-electron chi connectivity index (χ3n) is 10.8. The minimum Gasteiger partial charge on any atom is -0.462 e. The van der Waals surface area contributed by atoms with Gasteiger partial charge in [0.1, 0.15) is 13.2 Å². The molecule has 0 N–H and O–H groups in total. The minimum atomic E-state index is -0.786. The van der Waals surface area contributed by atoms with Gasteiger partial charge in [-0.2, -0.15) is 0 Å². The standard InChI is InChI=1S/C53H94O6/c1-4-7-10-13-16-19-22-24-26-27-28-30-31-34-37-40-43-46-52(55)58-49-50(48-57-51(54)45-42-39-36-33-21-18-15-12-9-6-3)59-53(56)47-44-41-38-35-32-29-25-23-20-17-14-11-8-5-2/h15-16,18-19,24,26,29,32,50H,4-14,17,20-23,25,27-28,30-31,33-49H2,1-3H3/b18-15-,19-16-,26-24-,32-29-. The molecule has 0 aliphatic carbocycles. The van der Waals surface area contributed by atoms with Crippen LogP contribution in [0.1, 0.15) is 252 Å². The maximum Gasteiger partial charge on any atom is 0.306 e. The Hall–Kier alpha value is -2.63. The van der Waals surface area contributed by atoms with Crippen LogP contribution in [0.2, 0.25) is 0 Å². The molecule has 6 nitrogen and oxygen atoms in total. The highest BCUT2D eigenvalue weighted by Gasteiger charge is 2.19. The minimum absolute atomic E-state index is 0.0865. The number of hydrogen-bond donors (Lipinski definition) is 0. The van der Waals surface area contributed by atoms with Crippen LogP contribution in [0.3, 0.4) is 0 Å². The van der Waals surface area contributed by atoms with Gasteiger partial charge in [-0.15, -0.1) is 0 Å². The molecule has 0 heterocycles. The lowest BCUT2D eigenvalue weighted by atomic mass is 10.1. The molecule has 1 unspecified atom stereocenters. The van der Waals surface area contributed by atoms with Crippen molar-refractivity contribution in [2.24, 2.45) is 0 Å². The van der Waals surface area contributed by atoms with Gasteiger partial charge >= 0.3 is 17.9 Å². The third kappa shape index (κ3) is 46.3. The van der Waals surface area contributed by atoms with E-state index in [2.05, 4.69) is 69.4 Å². The number of carbonyl (C=O) groups excluding carboxylic acids is 3. The normalized spacial score (nSPS) is 12.4. The first-order chi connectivity index (χ1) is 29.0. The van der Waals surface area contributed by atoms with Crippen molar-refractivity contribution in [2.45, 2.75) is 258 Å². The molecular weight excluding hydrogens is 733 g/mol. The average Bonchev–Trinajstić information content (AvgIpc) is 3.23. The van der Waals surface area contributed by atoms with Crippen LogP contribution in [-0.2, 0) is 28.6 Å². The second-order valence-corrected chi connectivity index (χ2v) is 16.7. The van der Waals surface area contributed by atoms with Crippen molar-refractivity contribution < 1.29 is 28.6 Å². The first-order valence-corrected chi connectivity index (χ1v) is 25.1. The summed E-state index contributed by atoms with van der Waals surface area (Å²) >= 11 is 0. The first-order valence-electron chi connectivity index (χ1n) is 25.1. The van der Waals surface area contributed by atoms with E-state index in [1.807, 2.05) is 0 Å². The van der Waals surface area contributed by atoms with Gasteiger partial charge < -0.3 is 14.2 Å². The Morgan fingerprint density at radius 2 is 0.627 bits per heavy atom. The van der Waals surface area contributed by atoms with Crippen molar-refractivity contribution in [1.82, 2.24) is 0 Å². The van der Waals surface area contributed by atoms with Crippen molar-refractivity contribution in [3.63, 3.8) is 0 Å². The van der Waals surface area contributed by atoms with Crippen molar-refractivity contribution in [3.05, 3.63) is 48.6 Å². The summed E-state index contributed by atoms with van der Waals surface area (Å²) in [5, 5.41) is 0. The molecule has 0 saturated heterocycles. The summed E-state index contributed by atoms with van der Waals surface area (Å²) in [5.74, 6) is -0.920. The maximum absolute atomic E-state index is 12.8. The number of unbranched alkanes of at least 4 members (excludes halogenated alkanes) is 26. The van der Waals surface area contributed by atoms with Crippen LogP contribution in [0.4, 0.5) is 0 Å². The molecule has 0 fully saturated rings. The van der Waals surface area contributed by atoms with Crippen molar-refractivity contribution in [3.8, 4) is 0 Å². The van der Waals surface area contributed by atoms with Crippen LogP contribution in [0.15, 0.2) is 48.6 Å². The van der Waals surface area contributed by atoms with Gasteiger partial charge in [0.2, 0.25) is 0 Å². The third-order valence-corrected chi connectivity index (χ3v) is 10.8. The Kier molecular flexibility index (Phi) is 45.9. The van der Waals surface area contributed by atoms with Crippen molar-refractivity contribution >= 4 is 17.9 Å². The molecule has 0 aromatic rings. The summed E-state index contributed by atoms with van der Waals surface area (Å²) < 4.78 is 16.7. The molecule has 0 saturated carbocycles. The van der Waals surface area contributed by atoms with E-state index in [4.69, 9.17) is 14.2 Å². The fourth-order valence-corrected chi connectivity index (χ4v) is 6.92. The summed E-state index contributed by atoms with van der Waals surface area (Å²) in [4.78, 5) is 37.8. The van der Waals surface area contributed by atoms with E-state index in [1.54, 1.807) is 0 Å². The van der Waals surface area contributed by atoms with Crippen LogP contribution in [-0.4, -0.2) is 37.2 Å². The Morgan fingerprint density at radius 3 is 1.05 bits per heavy atom. The zero-order valence-corrected chi connectivity index (χ0v) is 39.0. The molecule has 0 aromatic heterocycles. The van der Waals surface area contributed by atoms with E-state index in [1.165, 1.54) is 109 Å². The van der Waals surface area contributed by atoms with Crippen LogP contribution >= 0.6 is 0 Å². The predicted molar refractivity (Wildman–Crippen MR) is 252 cm³/mol. The van der Waals surface area contributed by atoms with Crippen molar-refractivity contribution in [2.75, 3.05) is 13.2 Å². The smallest absolute Gasteiger partial charge is 0.306 e. The Bertz CT molecular complexity index is 1040. The highest BCUT2D eigenvalue weighted by atomic mass is 16.6. The number of allylic oxidation sites excluding steroid dienone is 8. The molecular formula is C53H94O6. The molecule has 0 spiro atoms. The second kappa shape index (κ2) is 48.0. The molecule has 0 bridgehead atoms. The van der Waals surface area contributed by atoms with E-state index >= 15 is 0 Å². The van der Waals surface area contributed by atoms with E-state index in [0.717, 1.165) is 103 Å². The lowest BCUT2D eigenvalue weighted by molar-refractivity contribution is -0.167. The van der Waals surface area contributed by atoms with Gasteiger partial charge in [-0.3, -0.25) is 14.4 Å². The van der Waals surface area contributed by atoms with E-state index < -0.39 is 6.10 Å². The van der Waals surface area contributed by atoms with Crippen LogP contribution < -0.4 is 0 Å². The molecule has 6 heteroatoms. The summed E-state index contributed by atoms with van der Waals surface area (Å²) in [6.45, 7) is 6.54. The number of ether oxygens (including phenoxy) is 3. The van der Waals surface area contributed by atoms with Gasteiger partial charge in [0.25, 0.3) is 0 Å². The number of esters is 3. The SMILES string of the molecule is CCCC/C=C\CCCCCCC(=O)OCC(COC(=O)CCCCCCCCC/C=C\C/C=C\CCCCC)OC(=O)CCCCC/C=C\CCCCCCCCC. The summed E-state index contributed by atoms with van der Waals surface area (Å²) in [6.07, 6.45) is 56.6.